The summed E-state index contributed by atoms with van der Waals surface area (Å²) in [5.41, 5.74) is 27.6. The van der Waals surface area contributed by atoms with E-state index in [1.54, 1.807) is 4.86 Å². The molecule has 8 heterocycles. The monoisotopic (exact) mass is 1360 g/mol. The lowest BCUT2D eigenvalue weighted by molar-refractivity contribution is 1.17. The predicted octanol–water partition coefficient (Wildman–Crippen LogP) is 19.3. The zero-order valence-corrected chi connectivity index (χ0v) is 54.5. The Kier molecular flexibility index (Phi) is 12.3. The smallest absolute Gasteiger partial charge is 0.138 e. The number of aromatic nitrogens is 16. The van der Waals surface area contributed by atoms with E-state index in [9.17, 15) is 0 Å². The molecular formula is C76H51BIN16P-. The lowest BCUT2D eigenvalue weighted by Crippen LogP contribution is -1.95. The van der Waals surface area contributed by atoms with E-state index >= 15 is 0 Å². The van der Waals surface area contributed by atoms with Crippen molar-refractivity contribution in [2.45, 2.75) is 27.7 Å². The topological polar surface area (TPSA) is 229 Å². The van der Waals surface area contributed by atoms with E-state index in [0.717, 1.165) is 223 Å². The maximum absolute atomic E-state index is 5.07. The van der Waals surface area contributed by atoms with Gasteiger partial charge in [-0.05, 0) is 170 Å². The quantitative estimate of drug-likeness (QED) is 0.0315. The lowest BCUT2D eigenvalue weighted by Gasteiger charge is -2.22. The summed E-state index contributed by atoms with van der Waals surface area (Å²) in [6.45, 7) is 7.89. The third-order valence-corrected chi connectivity index (χ3v) is 18.6. The van der Waals surface area contributed by atoms with Crippen molar-refractivity contribution in [3.05, 3.63) is 205 Å². The van der Waals surface area contributed by atoms with Crippen molar-refractivity contribution in [1.82, 2.24) is 79.7 Å². The van der Waals surface area contributed by atoms with Crippen LogP contribution < -0.4 is 0 Å². The Labute approximate surface area is 556 Å². The van der Waals surface area contributed by atoms with Gasteiger partial charge < -0.3 is 49.0 Å². The Bertz CT molecular complexity index is 5520. The number of aromatic amines is 8. The Balaban J connectivity index is 0.00000209. The van der Waals surface area contributed by atoms with Crippen LogP contribution in [0.4, 0.5) is 0 Å². The molecule has 0 saturated carbocycles. The van der Waals surface area contributed by atoms with Gasteiger partial charge >= 0.3 is 0 Å². The van der Waals surface area contributed by atoms with Gasteiger partial charge in [0.05, 0.1) is 88.3 Å². The fourth-order valence-corrected chi connectivity index (χ4v) is 14.3. The van der Waals surface area contributed by atoms with Crippen LogP contribution in [-0.2, 0) is 0 Å². The minimum atomic E-state index is 0.800. The van der Waals surface area contributed by atoms with Gasteiger partial charge in [0, 0.05) is 22.3 Å². The maximum Gasteiger partial charge on any atom is 0.138 e. The number of H-pyrrole nitrogens is 8. The highest BCUT2D eigenvalue weighted by Crippen LogP contribution is 2.49. The summed E-state index contributed by atoms with van der Waals surface area (Å²) in [6.07, 6.45) is 0. The largest absolute Gasteiger partial charge is 0.583 e. The molecule has 95 heavy (non-hydrogen) atoms. The SMILES string of the molecule is Cc1nc2cc3[nH]c(-c4ccc(-c5cc(-c6ccc(-c7nc8cc9[nH]c(C)nc9cc8[nH]7)cc6)c6ccc7c(-c8ccc(-c9nc%10cc%11[nH]c(C)nc%11cc%10[nH]9)cc8)cc(-c8ccc(-c9nc%10cc%11[nH]c(C)nc%11cc%10[nH]9)cc8)c8ccc5c6c87)cc4)nc3cc2[nH]1.[PH-][B]I. The molecular weight excluding hydrogens is 1310 g/mol. The average molecular weight is 1360 g/mol. The van der Waals surface area contributed by atoms with Crippen molar-refractivity contribution in [2.24, 2.45) is 0 Å². The number of nitrogens with one attached hydrogen (secondary N) is 8. The highest BCUT2D eigenvalue weighted by atomic mass is 127. The number of nitrogens with zero attached hydrogens (tertiary/aromatic N) is 8. The summed E-state index contributed by atoms with van der Waals surface area (Å²) in [4.78, 5) is 68.6. The summed E-state index contributed by atoms with van der Waals surface area (Å²) < 4.78 is 0. The normalized spacial score (nSPS) is 12.1. The summed E-state index contributed by atoms with van der Waals surface area (Å²) in [6, 6.07) is 65.9. The van der Waals surface area contributed by atoms with Gasteiger partial charge in [0.15, 0.2) is 0 Å². The number of halogens is 1. The van der Waals surface area contributed by atoms with E-state index in [1.165, 1.54) is 10.8 Å². The summed E-state index contributed by atoms with van der Waals surface area (Å²) in [7, 11) is 3.05. The van der Waals surface area contributed by atoms with Gasteiger partial charge in [-0.25, -0.2) is 62.2 Å². The first kappa shape index (κ1) is 55.3. The minimum absolute atomic E-state index is 0.800. The van der Waals surface area contributed by atoms with E-state index in [1.807, 2.05) is 27.7 Å². The first-order valence-electron chi connectivity index (χ1n) is 31.2. The molecule has 0 saturated heterocycles. The number of benzene rings is 12. The molecule has 0 atom stereocenters. The molecule has 20 aromatic rings. The molecule has 0 fully saturated rings. The highest BCUT2D eigenvalue weighted by Gasteiger charge is 2.23. The van der Waals surface area contributed by atoms with Crippen LogP contribution in [-0.4, -0.2) is 84.6 Å². The van der Waals surface area contributed by atoms with E-state index < -0.39 is 0 Å². The van der Waals surface area contributed by atoms with E-state index in [4.69, 9.17) is 19.9 Å². The van der Waals surface area contributed by atoms with Gasteiger partial charge in [0.2, 0.25) is 0 Å². The van der Waals surface area contributed by atoms with Gasteiger partial charge in [-0.3, -0.25) is 0 Å². The maximum atomic E-state index is 5.07. The van der Waals surface area contributed by atoms with Crippen LogP contribution in [0.15, 0.2) is 182 Å². The Morgan fingerprint density at radius 1 is 0.253 bits per heavy atom. The van der Waals surface area contributed by atoms with Gasteiger partial charge in [-0.1, -0.05) is 121 Å². The van der Waals surface area contributed by atoms with Crippen LogP contribution in [0, 0.1) is 27.7 Å². The fraction of sp³-hybridized carbons (Fsp3) is 0.0526. The Morgan fingerprint density at radius 3 is 0.642 bits per heavy atom. The van der Waals surface area contributed by atoms with Crippen LogP contribution >= 0.6 is 31.5 Å². The second kappa shape index (κ2) is 21.1. The second-order valence-corrected chi connectivity index (χ2v) is 26.7. The number of imidazole rings is 8. The molecule has 8 N–H and O–H groups in total. The molecule has 0 aliphatic rings. The summed E-state index contributed by atoms with van der Waals surface area (Å²) >= 11 is 2.08. The summed E-state index contributed by atoms with van der Waals surface area (Å²) in [5, 5.41) is 7.01. The number of hydrogen-bond donors (Lipinski definition) is 8. The first-order chi connectivity index (χ1) is 46.5. The number of hydrogen-bond acceptors (Lipinski definition) is 8. The predicted molar refractivity (Wildman–Crippen MR) is 398 cm³/mol. The molecule has 0 aliphatic carbocycles. The number of fused-ring (bicyclic) bond motifs is 8. The molecule has 0 bridgehead atoms. The third kappa shape index (κ3) is 9.13. The van der Waals surface area contributed by atoms with E-state index in [0.29, 0.717) is 0 Å². The van der Waals surface area contributed by atoms with Crippen LogP contribution in [0.1, 0.15) is 23.3 Å². The average Bonchev–Trinajstić information content (AvgIpc) is 1.66. The van der Waals surface area contributed by atoms with Crippen molar-refractivity contribution in [3.63, 3.8) is 0 Å². The molecule has 0 unspecified atom stereocenters. The third-order valence-electron chi connectivity index (χ3n) is 18.6. The molecule has 451 valence electrons. The molecule has 1 radical (unpaired) electrons. The molecule has 8 aromatic heterocycles. The van der Waals surface area contributed by atoms with Gasteiger partial charge in [-0.2, -0.15) is 0 Å². The van der Waals surface area contributed by atoms with Crippen LogP contribution in [0.2, 0.25) is 0 Å². The zero-order chi connectivity index (χ0) is 63.5. The fourth-order valence-electron chi connectivity index (χ4n) is 14.3. The van der Waals surface area contributed by atoms with E-state index in [2.05, 4.69) is 273 Å². The molecule has 20 rings (SSSR count). The standard InChI is InChI=1S/C76H50N16.BHIP/c1-35-77-55-27-63-64(28-56(55)78-35)86-73(85-63)43-13-5-39(6-14-43)51-25-52(40-7-15-44(16-8-40)74-87-65-29-57-58(30-66(65)88-74)80-36(2)79-57)48-23-24-50-54(42-11-19-46(20-12-42)76-91-69-33-61-62(34-70(69)92-76)84-38(4)83-61)26-53(49-22-21-47(51)71(48)72(49)50)41-9-17-45(18-10-41)75-89-67-31-59-60(32-68(67)90-75)82-37(3)81-59;2-1-3/h5-34H,1-4H3,(H,77,78)(H,79,80)(H,81,82)(H,83,84)(H,85,86)(H,87,88)(H,89,90)(H,91,92);3H/q;-1. The van der Waals surface area contributed by atoms with Gasteiger partial charge in [0.25, 0.3) is 0 Å². The van der Waals surface area contributed by atoms with Crippen LogP contribution in [0.3, 0.4) is 0 Å². The van der Waals surface area contributed by atoms with Crippen molar-refractivity contribution >= 4 is 157 Å². The van der Waals surface area contributed by atoms with E-state index in [-0.39, 0.29) is 0 Å². The Hall–Kier alpha value is -11.3. The molecule has 0 amide bonds. The van der Waals surface area contributed by atoms with Gasteiger partial charge in [-0.15, -0.1) is 0 Å². The summed E-state index contributed by atoms with van der Waals surface area (Å²) in [5.74, 6) is 6.70. The van der Waals surface area contributed by atoms with Crippen molar-refractivity contribution in [1.29, 1.82) is 0 Å². The lowest BCUT2D eigenvalue weighted by atomic mass is 9.81. The number of rotatable bonds is 8. The Morgan fingerprint density at radius 2 is 0.432 bits per heavy atom. The molecule has 0 spiro atoms. The molecule has 12 aromatic carbocycles. The van der Waals surface area contributed by atoms with Crippen molar-refractivity contribution in [2.75, 3.05) is 0 Å². The second-order valence-electron chi connectivity index (χ2n) is 24.6. The highest BCUT2D eigenvalue weighted by molar-refractivity contribution is 14.1. The molecule has 19 heteroatoms. The zero-order valence-electron chi connectivity index (χ0n) is 51.4. The molecule has 0 aliphatic heterocycles. The minimum Gasteiger partial charge on any atom is -0.583 e. The van der Waals surface area contributed by atoms with Crippen molar-refractivity contribution < 1.29 is 0 Å². The van der Waals surface area contributed by atoms with Crippen molar-refractivity contribution in [3.8, 4) is 90.1 Å². The van der Waals surface area contributed by atoms with Gasteiger partial charge in [0.1, 0.15) is 46.6 Å². The van der Waals surface area contributed by atoms with Crippen LogP contribution in [0.25, 0.3) is 211 Å². The first-order valence-corrected chi connectivity index (χ1v) is 33.0. The molecule has 16 nitrogen and oxygen atoms in total. The van der Waals surface area contributed by atoms with Crippen LogP contribution in [0.5, 0.6) is 0 Å². The number of aryl methyl sites for hydroxylation is 4.